The maximum absolute atomic E-state index is 13.1. The molecule has 1 saturated heterocycles. The summed E-state index contributed by atoms with van der Waals surface area (Å²) < 4.78 is 44.5. The summed E-state index contributed by atoms with van der Waals surface area (Å²) in [5, 5.41) is 31.8. The Labute approximate surface area is 273 Å². The number of aliphatic hydroxyl groups is 3. The first-order chi connectivity index (χ1) is 21.6. The third-order valence-corrected chi connectivity index (χ3v) is 9.00. The minimum absolute atomic E-state index is 0.0567. The normalized spacial score (nSPS) is 23.6. The fourth-order valence-electron chi connectivity index (χ4n) is 5.53. The van der Waals surface area contributed by atoms with Crippen molar-refractivity contribution < 1.29 is 38.3 Å². The number of hydrogen-bond acceptors (Lipinski definition) is 8. The highest BCUT2D eigenvalue weighted by atomic mass is 35.5. The summed E-state index contributed by atoms with van der Waals surface area (Å²) in [5.74, 6) is 0.313. The molecule has 0 radical (unpaired) electrons. The quantitative estimate of drug-likeness (QED) is 0.142. The molecular weight excluding hydrogens is 629 g/mol. The number of ether oxygens (including phenoxy) is 3. The van der Waals surface area contributed by atoms with Crippen LogP contribution < -0.4 is 14.8 Å². The van der Waals surface area contributed by atoms with Crippen molar-refractivity contribution in [3.63, 3.8) is 0 Å². The fourth-order valence-corrected chi connectivity index (χ4v) is 6.12. The van der Waals surface area contributed by atoms with Gasteiger partial charge in [-0.15, -0.1) is 11.6 Å². The second-order valence-corrected chi connectivity index (χ2v) is 12.6. The van der Waals surface area contributed by atoms with Gasteiger partial charge in [-0.3, -0.25) is 0 Å². The van der Waals surface area contributed by atoms with Crippen molar-refractivity contribution in [2.75, 3.05) is 52.7 Å². The number of rotatable bonds is 17. The Kier molecular flexibility index (Phi) is 13.1. The summed E-state index contributed by atoms with van der Waals surface area (Å²) in [4.78, 5) is 1.12. The summed E-state index contributed by atoms with van der Waals surface area (Å²) >= 11 is 14.0. The van der Waals surface area contributed by atoms with Gasteiger partial charge in [0.1, 0.15) is 35.2 Å². The minimum Gasteiger partial charge on any atom is -0.488 e. The molecule has 0 bridgehead atoms. The second kappa shape index (κ2) is 16.5. The van der Waals surface area contributed by atoms with Gasteiger partial charge in [0.05, 0.1) is 30.4 Å². The van der Waals surface area contributed by atoms with Gasteiger partial charge in [-0.1, -0.05) is 54.1 Å². The highest BCUT2D eigenvalue weighted by molar-refractivity contribution is 6.32. The molecule has 2 aromatic rings. The van der Waals surface area contributed by atoms with Crippen LogP contribution in [0.1, 0.15) is 30.9 Å². The van der Waals surface area contributed by atoms with Crippen molar-refractivity contribution >= 4 is 28.8 Å². The zero-order chi connectivity index (χ0) is 32.5. The van der Waals surface area contributed by atoms with Gasteiger partial charge in [0.15, 0.2) is 0 Å². The molecule has 4 rings (SSSR count). The molecule has 2 aliphatic rings. The lowest BCUT2D eigenvalue weighted by atomic mass is 9.76. The van der Waals surface area contributed by atoms with Gasteiger partial charge in [-0.25, -0.2) is 8.78 Å². The summed E-state index contributed by atoms with van der Waals surface area (Å²) in [5.41, 5.74) is 1.07. The van der Waals surface area contributed by atoms with E-state index in [1.54, 1.807) is 6.07 Å². The van der Waals surface area contributed by atoms with Gasteiger partial charge in [0.25, 0.3) is 6.43 Å². The van der Waals surface area contributed by atoms with Crippen LogP contribution in [0, 0.1) is 0 Å². The molecule has 4 N–H and O–H groups in total. The molecule has 1 aliphatic heterocycles. The summed E-state index contributed by atoms with van der Waals surface area (Å²) in [6.45, 7) is 3.05. The minimum atomic E-state index is -2.71. The van der Waals surface area contributed by atoms with Gasteiger partial charge in [0.2, 0.25) is 0 Å². The van der Waals surface area contributed by atoms with Crippen molar-refractivity contribution in [3.8, 4) is 11.5 Å². The smallest absolute Gasteiger partial charge is 0.272 e. The number of β-amino-alcohol motifs (C(OH)–C–C–N with tert-alkyl or cyclic N) is 1. The van der Waals surface area contributed by atoms with E-state index < -0.39 is 29.5 Å². The summed E-state index contributed by atoms with van der Waals surface area (Å²) in [7, 11) is 0. The lowest BCUT2D eigenvalue weighted by molar-refractivity contribution is -0.0540. The van der Waals surface area contributed by atoms with E-state index in [2.05, 4.69) is 10.2 Å². The molecule has 3 atom stereocenters. The van der Waals surface area contributed by atoms with Gasteiger partial charge in [-0.05, 0) is 43.0 Å². The van der Waals surface area contributed by atoms with Crippen molar-refractivity contribution in [1.82, 2.24) is 10.2 Å². The number of likely N-dealkylation sites (tertiary alicyclic amines) is 1. The molecule has 12 heteroatoms. The van der Waals surface area contributed by atoms with E-state index in [1.165, 1.54) is 6.07 Å². The molecule has 2 unspecified atom stereocenters. The average molecular weight is 672 g/mol. The van der Waals surface area contributed by atoms with E-state index in [0.717, 1.165) is 30.6 Å². The molecule has 0 saturated carbocycles. The maximum Gasteiger partial charge on any atom is 0.272 e. The first kappa shape index (κ1) is 35.6. The Morgan fingerprint density at radius 1 is 1.11 bits per heavy atom. The predicted octanol–water partition coefficient (Wildman–Crippen LogP) is 4.67. The van der Waals surface area contributed by atoms with Crippen molar-refractivity contribution in [1.29, 1.82) is 0 Å². The zero-order valence-corrected chi connectivity index (χ0v) is 26.8. The molecule has 8 nitrogen and oxygen atoms in total. The number of alkyl halides is 3. The van der Waals surface area contributed by atoms with Crippen LogP contribution in [0.2, 0.25) is 5.02 Å². The van der Waals surface area contributed by atoms with Gasteiger partial charge < -0.3 is 39.7 Å². The van der Waals surface area contributed by atoms with Gasteiger partial charge >= 0.3 is 0 Å². The predicted molar refractivity (Wildman–Crippen MR) is 171 cm³/mol. The number of nitrogens with zero attached hydrogens (tertiary/aromatic N) is 1. The topological polar surface area (TPSA) is 104 Å². The summed E-state index contributed by atoms with van der Waals surface area (Å²) in [6, 6.07) is 12.1. The third kappa shape index (κ3) is 9.17. The van der Waals surface area contributed by atoms with Crippen LogP contribution in [-0.4, -0.2) is 102 Å². The number of nitrogens with one attached hydrogen (secondary N) is 1. The maximum atomic E-state index is 13.1. The van der Waals surface area contributed by atoms with Gasteiger partial charge in [-0.2, -0.15) is 0 Å². The van der Waals surface area contributed by atoms with E-state index in [9.17, 15) is 24.1 Å². The number of allylic oxidation sites excluding steroid dienone is 2. The van der Waals surface area contributed by atoms with Crippen LogP contribution in [0.3, 0.4) is 0 Å². The SMILES string of the molecule is C[C@@]1(Cl)C(c2ccccc2)=CC=CC1(COc1cc(OCC(F)F)c(CNC(CO)CO)cc1Cl)OCCCN1CCC(O)C1. The molecule has 1 fully saturated rings. The van der Waals surface area contributed by atoms with Crippen LogP contribution in [0.5, 0.6) is 11.5 Å². The van der Waals surface area contributed by atoms with E-state index in [-0.39, 0.29) is 49.0 Å². The molecule has 1 heterocycles. The number of benzene rings is 2. The molecule has 248 valence electrons. The zero-order valence-electron chi connectivity index (χ0n) is 25.3. The van der Waals surface area contributed by atoms with Crippen LogP contribution in [0.25, 0.3) is 5.57 Å². The monoisotopic (exact) mass is 670 g/mol. The largest absolute Gasteiger partial charge is 0.488 e. The number of aliphatic hydroxyl groups excluding tert-OH is 3. The van der Waals surface area contributed by atoms with E-state index in [0.29, 0.717) is 25.1 Å². The highest BCUT2D eigenvalue weighted by Gasteiger charge is 2.51. The highest BCUT2D eigenvalue weighted by Crippen LogP contribution is 2.47. The Bertz CT molecular complexity index is 1300. The molecular formula is C33H42Cl2F2N2O6. The lowest BCUT2D eigenvalue weighted by Crippen LogP contribution is -2.55. The Morgan fingerprint density at radius 2 is 1.87 bits per heavy atom. The second-order valence-electron chi connectivity index (χ2n) is 11.5. The standard InChI is InChI=1S/C33H42Cl2F2N2O6/c1-32(35)27(23-7-3-2-4-8-23)9-5-11-33(32,45-14-6-12-39-13-10-26(42)18-39)22-44-30-16-29(43-21-31(36)37)24(15-28(30)34)17-38-25(19-40)20-41/h2-5,7-9,11,15-16,25-26,31,38,40-42H,6,10,12-14,17-22H2,1H3/t26?,32-,33?/m1/s1. The first-order valence-electron chi connectivity index (χ1n) is 15.1. The average Bonchev–Trinajstić information content (AvgIpc) is 3.44. The lowest BCUT2D eigenvalue weighted by Gasteiger charge is -2.45. The Balaban J connectivity index is 1.58. The van der Waals surface area contributed by atoms with Crippen molar-refractivity contribution in [3.05, 3.63) is 76.8 Å². The third-order valence-electron chi connectivity index (χ3n) is 8.18. The number of hydrogen-bond donors (Lipinski definition) is 4. The summed E-state index contributed by atoms with van der Waals surface area (Å²) in [6.07, 6.45) is 4.16. The number of halogens is 4. The van der Waals surface area contributed by atoms with Gasteiger partial charge in [0, 0.05) is 44.4 Å². The van der Waals surface area contributed by atoms with Crippen molar-refractivity contribution in [2.24, 2.45) is 0 Å². The van der Waals surface area contributed by atoms with Crippen LogP contribution >= 0.6 is 23.2 Å². The van der Waals surface area contributed by atoms with E-state index in [1.807, 2.05) is 55.5 Å². The Hall–Kier alpha value is -2.28. The fraction of sp³-hybridized carbons (Fsp3) is 0.515. The molecule has 1 aliphatic carbocycles. The van der Waals surface area contributed by atoms with Crippen LogP contribution in [0.15, 0.2) is 60.7 Å². The van der Waals surface area contributed by atoms with E-state index >= 15 is 0 Å². The molecule has 2 aromatic carbocycles. The van der Waals surface area contributed by atoms with Crippen molar-refractivity contribution in [2.45, 2.75) is 55.4 Å². The molecule has 0 amide bonds. The Morgan fingerprint density at radius 3 is 2.53 bits per heavy atom. The first-order valence-corrected chi connectivity index (χ1v) is 15.8. The van der Waals surface area contributed by atoms with Crippen LogP contribution in [-0.2, 0) is 11.3 Å². The molecule has 0 aromatic heterocycles. The van der Waals surface area contributed by atoms with E-state index in [4.69, 9.17) is 37.4 Å². The van der Waals surface area contributed by atoms with Crippen LogP contribution in [0.4, 0.5) is 8.78 Å². The molecule has 0 spiro atoms. The molecule has 45 heavy (non-hydrogen) atoms.